The highest BCUT2D eigenvalue weighted by molar-refractivity contribution is 5.31. The summed E-state index contributed by atoms with van der Waals surface area (Å²) in [7, 11) is 0. The van der Waals surface area contributed by atoms with Crippen LogP contribution in [0.15, 0.2) is 48.5 Å². The first kappa shape index (κ1) is 19.5. The molecule has 0 aromatic heterocycles. The van der Waals surface area contributed by atoms with Crippen molar-refractivity contribution >= 4 is 0 Å². The van der Waals surface area contributed by atoms with Gasteiger partial charge in [0.2, 0.25) is 0 Å². The Labute approximate surface area is 147 Å². The maximum atomic E-state index is 12.6. The second-order valence-electron chi connectivity index (χ2n) is 6.37. The molecule has 5 heteroatoms. The van der Waals surface area contributed by atoms with Crippen molar-refractivity contribution in [3.8, 4) is 0 Å². The third-order valence-corrected chi connectivity index (χ3v) is 4.08. The van der Waals surface area contributed by atoms with Gasteiger partial charge in [0.15, 0.2) is 0 Å². The molecule has 2 nitrogen and oxygen atoms in total. The predicted octanol–water partition coefficient (Wildman–Crippen LogP) is 4.51. The van der Waals surface area contributed by atoms with Gasteiger partial charge >= 0.3 is 6.18 Å². The Morgan fingerprint density at radius 1 is 1.00 bits per heavy atom. The highest BCUT2D eigenvalue weighted by atomic mass is 19.4. The van der Waals surface area contributed by atoms with E-state index >= 15 is 0 Å². The normalized spacial score (nSPS) is 13.0. The van der Waals surface area contributed by atoms with Crippen molar-refractivity contribution in [1.29, 1.82) is 0 Å². The molecular formula is C20H25F3N2. The Kier molecular flexibility index (Phi) is 7.02. The van der Waals surface area contributed by atoms with Gasteiger partial charge in [0.25, 0.3) is 0 Å². The van der Waals surface area contributed by atoms with Crippen LogP contribution in [0.5, 0.6) is 0 Å². The van der Waals surface area contributed by atoms with Crippen molar-refractivity contribution in [3.63, 3.8) is 0 Å². The highest BCUT2D eigenvalue weighted by Crippen LogP contribution is 2.29. The molecule has 0 fully saturated rings. The zero-order valence-corrected chi connectivity index (χ0v) is 14.4. The van der Waals surface area contributed by atoms with Gasteiger partial charge in [0, 0.05) is 19.1 Å². The first-order valence-corrected chi connectivity index (χ1v) is 8.58. The molecule has 1 atom stereocenters. The summed E-state index contributed by atoms with van der Waals surface area (Å²) in [5.41, 5.74) is 8.46. The molecule has 2 aromatic rings. The molecule has 3 N–H and O–H groups in total. The Balaban J connectivity index is 1.92. The molecule has 0 amide bonds. The molecule has 0 saturated heterocycles. The molecule has 0 saturated carbocycles. The van der Waals surface area contributed by atoms with Gasteiger partial charge in [0.05, 0.1) is 5.56 Å². The van der Waals surface area contributed by atoms with Crippen molar-refractivity contribution < 1.29 is 13.2 Å². The van der Waals surface area contributed by atoms with E-state index in [0.29, 0.717) is 6.42 Å². The monoisotopic (exact) mass is 350 g/mol. The van der Waals surface area contributed by atoms with E-state index < -0.39 is 11.7 Å². The number of nitrogens with two attached hydrogens (primary N) is 1. The van der Waals surface area contributed by atoms with Crippen LogP contribution in [0.1, 0.15) is 42.0 Å². The largest absolute Gasteiger partial charge is 0.416 e. The quantitative estimate of drug-likeness (QED) is 0.735. The van der Waals surface area contributed by atoms with Gasteiger partial charge in [-0.25, -0.2) is 0 Å². The molecule has 0 aliphatic heterocycles. The number of hydrogen-bond acceptors (Lipinski definition) is 2. The number of hydrogen-bond donors (Lipinski definition) is 2. The minimum atomic E-state index is -4.29. The maximum Gasteiger partial charge on any atom is 0.416 e. The molecule has 0 radical (unpaired) electrons. The number of nitrogens with one attached hydrogen (secondary N) is 1. The van der Waals surface area contributed by atoms with Gasteiger partial charge in [-0.2, -0.15) is 13.2 Å². The third-order valence-electron chi connectivity index (χ3n) is 4.08. The minimum absolute atomic E-state index is 0.167. The Bertz CT molecular complexity index is 651. The SMILES string of the molecule is CCCC(N)CNCc1cccc(Cc2ccc(C(F)(F)F)cc2)c1. The number of halogens is 3. The van der Waals surface area contributed by atoms with Crippen LogP contribution in [-0.2, 0) is 19.1 Å². The van der Waals surface area contributed by atoms with Crippen LogP contribution in [0, 0.1) is 0 Å². The van der Waals surface area contributed by atoms with Gasteiger partial charge in [-0.1, -0.05) is 49.7 Å². The van der Waals surface area contributed by atoms with Crippen LogP contribution in [0.25, 0.3) is 0 Å². The molecule has 0 heterocycles. The summed E-state index contributed by atoms with van der Waals surface area (Å²) in [4.78, 5) is 0. The van der Waals surface area contributed by atoms with Crippen molar-refractivity contribution in [2.75, 3.05) is 6.54 Å². The van der Waals surface area contributed by atoms with E-state index in [0.717, 1.165) is 54.8 Å². The number of alkyl halides is 3. The van der Waals surface area contributed by atoms with Gasteiger partial charge < -0.3 is 11.1 Å². The van der Waals surface area contributed by atoms with Crippen LogP contribution in [0.2, 0.25) is 0 Å². The molecular weight excluding hydrogens is 325 g/mol. The van der Waals surface area contributed by atoms with E-state index in [-0.39, 0.29) is 6.04 Å². The lowest BCUT2D eigenvalue weighted by molar-refractivity contribution is -0.137. The predicted molar refractivity (Wildman–Crippen MR) is 95.3 cm³/mol. The lowest BCUT2D eigenvalue weighted by atomic mass is 10.0. The zero-order valence-electron chi connectivity index (χ0n) is 14.4. The summed E-state index contributed by atoms with van der Waals surface area (Å²) in [5, 5.41) is 3.35. The lowest BCUT2D eigenvalue weighted by Crippen LogP contribution is -2.33. The molecule has 25 heavy (non-hydrogen) atoms. The van der Waals surface area contributed by atoms with E-state index in [1.807, 2.05) is 18.2 Å². The second-order valence-corrected chi connectivity index (χ2v) is 6.37. The molecule has 1 unspecified atom stereocenters. The van der Waals surface area contributed by atoms with Crippen LogP contribution in [0.4, 0.5) is 13.2 Å². The molecule has 136 valence electrons. The smallest absolute Gasteiger partial charge is 0.327 e. The van der Waals surface area contributed by atoms with Gasteiger partial charge in [-0.3, -0.25) is 0 Å². The van der Waals surface area contributed by atoms with Crippen molar-refractivity contribution in [2.24, 2.45) is 5.73 Å². The fourth-order valence-electron chi connectivity index (χ4n) is 2.77. The van der Waals surface area contributed by atoms with Gasteiger partial charge in [0.1, 0.15) is 0 Å². The van der Waals surface area contributed by atoms with Crippen molar-refractivity contribution in [1.82, 2.24) is 5.32 Å². The van der Waals surface area contributed by atoms with Crippen LogP contribution >= 0.6 is 0 Å². The van der Waals surface area contributed by atoms with E-state index in [2.05, 4.69) is 18.3 Å². The summed E-state index contributed by atoms with van der Waals surface area (Å²) >= 11 is 0. The minimum Gasteiger partial charge on any atom is -0.327 e. The summed E-state index contributed by atoms with van der Waals surface area (Å²) in [5.74, 6) is 0. The molecule has 0 aliphatic carbocycles. The molecule has 2 rings (SSSR count). The molecule has 2 aromatic carbocycles. The van der Waals surface area contributed by atoms with E-state index in [9.17, 15) is 13.2 Å². The van der Waals surface area contributed by atoms with E-state index in [4.69, 9.17) is 5.73 Å². The van der Waals surface area contributed by atoms with Crippen LogP contribution in [-0.4, -0.2) is 12.6 Å². The topological polar surface area (TPSA) is 38.0 Å². The Morgan fingerprint density at radius 3 is 2.32 bits per heavy atom. The number of rotatable bonds is 8. The molecule has 0 spiro atoms. The average molecular weight is 350 g/mol. The van der Waals surface area contributed by atoms with Gasteiger partial charge in [-0.15, -0.1) is 0 Å². The summed E-state index contributed by atoms with van der Waals surface area (Å²) in [6.07, 6.45) is -1.60. The van der Waals surface area contributed by atoms with Gasteiger partial charge in [-0.05, 0) is 41.7 Å². The number of benzene rings is 2. The summed E-state index contributed by atoms with van der Waals surface area (Å²) in [6.45, 7) is 3.62. The van der Waals surface area contributed by atoms with Crippen LogP contribution in [0.3, 0.4) is 0 Å². The summed E-state index contributed by atoms with van der Waals surface area (Å²) < 4.78 is 37.8. The fraction of sp³-hybridized carbons (Fsp3) is 0.400. The second kappa shape index (κ2) is 9.02. The van der Waals surface area contributed by atoms with Crippen molar-refractivity contribution in [3.05, 3.63) is 70.8 Å². The first-order valence-electron chi connectivity index (χ1n) is 8.58. The Hall–Kier alpha value is -1.85. The van der Waals surface area contributed by atoms with Crippen molar-refractivity contribution in [2.45, 2.75) is 44.9 Å². The Morgan fingerprint density at radius 2 is 1.68 bits per heavy atom. The zero-order chi connectivity index (χ0) is 18.3. The highest BCUT2D eigenvalue weighted by Gasteiger charge is 2.29. The fourth-order valence-corrected chi connectivity index (χ4v) is 2.77. The van der Waals surface area contributed by atoms with Crippen LogP contribution < -0.4 is 11.1 Å². The standard InChI is InChI=1S/C20H25F3N2/c1-2-4-19(24)14-25-13-17-6-3-5-16(12-17)11-15-7-9-18(10-8-15)20(21,22)23/h3,5-10,12,19,25H,2,4,11,13-14,24H2,1H3. The summed E-state index contributed by atoms with van der Waals surface area (Å²) in [6, 6.07) is 13.6. The first-order chi connectivity index (χ1) is 11.9. The molecule has 0 bridgehead atoms. The van der Waals surface area contributed by atoms with E-state index in [1.165, 1.54) is 12.1 Å². The average Bonchev–Trinajstić information content (AvgIpc) is 2.55. The molecule has 0 aliphatic rings. The van der Waals surface area contributed by atoms with E-state index in [1.54, 1.807) is 0 Å². The third kappa shape index (κ3) is 6.52. The maximum absolute atomic E-state index is 12.6. The lowest BCUT2D eigenvalue weighted by Gasteiger charge is -2.12.